The van der Waals surface area contributed by atoms with Crippen molar-refractivity contribution < 1.29 is 14.0 Å². The summed E-state index contributed by atoms with van der Waals surface area (Å²) in [5, 5.41) is 4.56. The molecule has 0 aliphatic carbocycles. The fourth-order valence-electron chi connectivity index (χ4n) is 1.53. The monoisotopic (exact) mass is 290 g/mol. The number of nitrogens with two attached hydrogens (primary N) is 1. The number of nitrogens with one attached hydrogen (secondary N) is 1. The Morgan fingerprint density at radius 3 is 2.70 bits per heavy atom. The van der Waals surface area contributed by atoms with Crippen LogP contribution in [0.25, 0.3) is 6.08 Å². The van der Waals surface area contributed by atoms with Crippen LogP contribution in [0, 0.1) is 5.82 Å². The van der Waals surface area contributed by atoms with E-state index in [9.17, 15) is 14.0 Å². The van der Waals surface area contributed by atoms with Gasteiger partial charge in [0.15, 0.2) is 0 Å². The molecule has 2 amide bonds. The first-order valence-electron chi connectivity index (χ1n) is 5.69. The van der Waals surface area contributed by atoms with E-state index < -0.39 is 17.6 Å². The van der Waals surface area contributed by atoms with Gasteiger partial charge in [0, 0.05) is 11.6 Å². The molecule has 3 N–H and O–H groups in total. The second kappa shape index (κ2) is 6.12. The molecule has 6 heteroatoms. The lowest BCUT2D eigenvalue weighted by molar-refractivity contribution is -0.111. The number of halogens is 1. The summed E-state index contributed by atoms with van der Waals surface area (Å²) in [6, 6.07) is 7.63. The summed E-state index contributed by atoms with van der Waals surface area (Å²) in [6.07, 6.45) is 2.56. The summed E-state index contributed by atoms with van der Waals surface area (Å²) < 4.78 is 13.3. The number of hydrogen-bond acceptors (Lipinski definition) is 3. The molecule has 2 rings (SSSR count). The minimum Gasteiger partial charge on any atom is -0.366 e. The van der Waals surface area contributed by atoms with Gasteiger partial charge in [-0.25, -0.2) is 4.39 Å². The maximum absolute atomic E-state index is 13.3. The summed E-state index contributed by atoms with van der Waals surface area (Å²) >= 11 is 1.19. The number of carbonyl (C=O) groups is 2. The molecule has 1 heterocycles. The third-order valence-corrected chi connectivity index (χ3v) is 3.32. The smallest absolute Gasteiger partial charge is 0.251 e. The van der Waals surface area contributed by atoms with Gasteiger partial charge < -0.3 is 11.1 Å². The van der Waals surface area contributed by atoms with E-state index in [1.807, 2.05) is 0 Å². The third-order valence-electron chi connectivity index (χ3n) is 2.49. The van der Waals surface area contributed by atoms with Crippen molar-refractivity contribution in [2.75, 3.05) is 5.32 Å². The van der Waals surface area contributed by atoms with Gasteiger partial charge in [0.1, 0.15) is 10.8 Å². The second-order valence-electron chi connectivity index (χ2n) is 3.87. The molecule has 0 aliphatic heterocycles. The first kappa shape index (κ1) is 14.0. The van der Waals surface area contributed by atoms with E-state index in [2.05, 4.69) is 5.32 Å². The van der Waals surface area contributed by atoms with E-state index in [0.29, 0.717) is 10.6 Å². The number of carbonyl (C=O) groups excluding carboxylic acids is 2. The predicted octanol–water partition coefficient (Wildman–Crippen LogP) is 2.64. The minimum atomic E-state index is -0.611. The number of anilines is 1. The molecule has 4 nitrogen and oxygen atoms in total. The Morgan fingerprint density at radius 1 is 1.25 bits per heavy atom. The van der Waals surface area contributed by atoms with E-state index in [4.69, 9.17) is 5.73 Å². The maximum Gasteiger partial charge on any atom is 0.251 e. The third kappa shape index (κ3) is 3.30. The van der Waals surface area contributed by atoms with Crippen LogP contribution >= 0.6 is 11.3 Å². The molecule has 0 aliphatic rings. The van der Waals surface area contributed by atoms with E-state index in [1.54, 1.807) is 23.6 Å². The molecule has 2 aromatic rings. The average molecular weight is 290 g/mol. The van der Waals surface area contributed by atoms with Gasteiger partial charge >= 0.3 is 0 Å². The number of primary amides is 1. The van der Waals surface area contributed by atoms with Crippen molar-refractivity contribution in [1.29, 1.82) is 0 Å². The van der Waals surface area contributed by atoms with Crippen molar-refractivity contribution in [2.45, 2.75) is 0 Å². The Morgan fingerprint density at radius 2 is 2.00 bits per heavy atom. The van der Waals surface area contributed by atoms with Gasteiger partial charge in [-0.05, 0) is 23.6 Å². The van der Waals surface area contributed by atoms with E-state index in [1.165, 1.54) is 35.6 Å². The van der Waals surface area contributed by atoms with Gasteiger partial charge in [0.2, 0.25) is 5.91 Å². The first-order valence-corrected chi connectivity index (χ1v) is 6.57. The van der Waals surface area contributed by atoms with Crippen LogP contribution in [-0.4, -0.2) is 11.8 Å². The maximum atomic E-state index is 13.3. The Labute approximate surface area is 118 Å². The zero-order valence-electron chi connectivity index (χ0n) is 10.3. The highest BCUT2D eigenvalue weighted by molar-refractivity contribution is 7.14. The molecule has 0 atom stereocenters. The van der Waals surface area contributed by atoms with Crippen molar-refractivity contribution in [3.8, 4) is 0 Å². The van der Waals surface area contributed by atoms with Gasteiger partial charge in [0.05, 0.1) is 5.56 Å². The zero-order valence-corrected chi connectivity index (χ0v) is 11.1. The molecule has 20 heavy (non-hydrogen) atoms. The minimum absolute atomic E-state index is 0.252. The number of amides is 2. The topological polar surface area (TPSA) is 72.2 Å². The summed E-state index contributed by atoms with van der Waals surface area (Å²) in [4.78, 5) is 22.8. The highest BCUT2D eigenvalue weighted by Crippen LogP contribution is 2.22. The van der Waals surface area contributed by atoms with Crippen molar-refractivity contribution in [3.63, 3.8) is 0 Å². The highest BCUT2D eigenvalue weighted by Gasteiger charge is 2.10. The zero-order chi connectivity index (χ0) is 14.5. The van der Waals surface area contributed by atoms with Crippen LogP contribution in [0.4, 0.5) is 9.39 Å². The standard InChI is InChI=1S/C14H11FN2O2S/c15-11-4-2-1-3-9(11)5-6-12(18)17-14-10(13(16)19)7-8-20-14/h1-8H,(H2,16,19)(H,17,18)/b6-5+. The molecule has 102 valence electrons. The molecule has 0 fully saturated rings. The lowest BCUT2D eigenvalue weighted by Crippen LogP contribution is -2.14. The normalized spacial score (nSPS) is 10.7. The summed E-state index contributed by atoms with van der Waals surface area (Å²) in [7, 11) is 0. The molecule has 0 bridgehead atoms. The average Bonchev–Trinajstić information content (AvgIpc) is 2.86. The molecule has 0 spiro atoms. The van der Waals surface area contributed by atoms with Crippen molar-refractivity contribution >= 4 is 34.2 Å². The number of thiophene rings is 1. The first-order chi connectivity index (χ1) is 9.58. The number of benzene rings is 1. The number of hydrogen-bond donors (Lipinski definition) is 2. The van der Waals surface area contributed by atoms with Gasteiger partial charge in [-0.15, -0.1) is 11.3 Å². The van der Waals surface area contributed by atoms with Gasteiger partial charge in [-0.2, -0.15) is 0 Å². The van der Waals surface area contributed by atoms with Gasteiger partial charge in [0.25, 0.3) is 5.91 Å². The van der Waals surface area contributed by atoms with E-state index in [-0.39, 0.29) is 5.56 Å². The lowest BCUT2D eigenvalue weighted by atomic mass is 10.2. The Hall–Kier alpha value is -2.47. The SMILES string of the molecule is NC(=O)c1ccsc1NC(=O)/C=C/c1ccccc1F. The predicted molar refractivity (Wildman–Crippen MR) is 76.9 cm³/mol. The van der Waals surface area contributed by atoms with Gasteiger partial charge in [-0.1, -0.05) is 18.2 Å². The van der Waals surface area contributed by atoms with Crippen molar-refractivity contribution in [2.24, 2.45) is 5.73 Å². The molecule has 0 saturated carbocycles. The van der Waals surface area contributed by atoms with Crippen LogP contribution in [0.5, 0.6) is 0 Å². The Balaban J connectivity index is 2.08. The summed E-state index contributed by atoms with van der Waals surface area (Å²) in [5.41, 5.74) is 5.73. The van der Waals surface area contributed by atoms with Gasteiger partial charge in [-0.3, -0.25) is 9.59 Å². The van der Waals surface area contributed by atoms with E-state index >= 15 is 0 Å². The van der Waals surface area contributed by atoms with Crippen LogP contribution < -0.4 is 11.1 Å². The Bertz CT molecular complexity index is 679. The molecule has 0 radical (unpaired) electrons. The van der Waals surface area contributed by atoms with Crippen LogP contribution in [0.15, 0.2) is 41.8 Å². The molecule has 1 aromatic heterocycles. The molecule has 0 saturated heterocycles. The highest BCUT2D eigenvalue weighted by atomic mass is 32.1. The summed E-state index contributed by atoms with van der Waals surface area (Å²) in [6.45, 7) is 0. The van der Waals surface area contributed by atoms with Crippen LogP contribution in [-0.2, 0) is 4.79 Å². The largest absolute Gasteiger partial charge is 0.366 e. The molecule has 0 unspecified atom stereocenters. The molecular weight excluding hydrogens is 279 g/mol. The van der Waals surface area contributed by atoms with Crippen LogP contribution in [0.2, 0.25) is 0 Å². The molecule has 1 aromatic carbocycles. The fraction of sp³-hybridized carbons (Fsp3) is 0. The second-order valence-corrected chi connectivity index (χ2v) is 4.79. The quantitative estimate of drug-likeness (QED) is 0.850. The summed E-state index contributed by atoms with van der Waals surface area (Å²) in [5.74, 6) is -1.48. The lowest BCUT2D eigenvalue weighted by Gasteiger charge is -2.01. The van der Waals surface area contributed by atoms with Crippen molar-refractivity contribution in [3.05, 3.63) is 58.7 Å². The van der Waals surface area contributed by atoms with Crippen LogP contribution in [0.1, 0.15) is 15.9 Å². The van der Waals surface area contributed by atoms with Crippen LogP contribution in [0.3, 0.4) is 0 Å². The van der Waals surface area contributed by atoms with Crippen molar-refractivity contribution in [1.82, 2.24) is 0 Å². The number of rotatable bonds is 4. The Kier molecular flexibility index (Phi) is 4.27. The van der Waals surface area contributed by atoms with E-state index in [0.717, 1.165) is 0 Å². The fourth-order valence-corrected chi connectivity index (χ4v) is 2.32. The molecular formula is C14H11FN2O2S.